The van der Waals surface area contributed by atoms with E-state index in [-0.39, 0.29) is 30.5 Å². The molecule has 2 aromatic carbocycles. The topological polar surface area (TPSA) is 142 Å². The number of imidazole rings is 1. The van der Waals surface area contributed by atoms with Crippen molar-refractivity contribution < 1.29 is 50.2 Å². The van der Waals surface area contributed by atoms with Gasteiger partial charge in [-0.25, -0.2) is 13.4 Å². The molecule has 0 saturated carbocycles. The molecule has 0 radical (unpaired) electrons. The van der Waals surface area contributed by atoms with E-state index in [0.717, 1.165) is 29.5 Å². The Balaban J connectivity index is 1.43. The summed E-state index contributed by atoms with van der Waals surface area (Å²) in [6.07, 6.45) is -9.21. The molecule has 11 nitrogen and oxygen atoms in total. The largest absolute Gasteiger partial charge is 0.450 e. The molecular weight excluding hydrogens is 607 g/mol. The number of carbonyl (C=O) groups is 4. The highest BCUT2D eigenvalue weighted by molar-refractivity contribution is 7.91. The summed E-state index contributed by atoms with van der Waals surface area (Å²) in [5, 5.41) is 0. The zero-order chi connectivity index (χ0) is 32.2. The molecule has 0 fully saturated rings. The van der Waals surface area contributed by atoms with Crippen molar-refractivity contribution in [1.29, 1.82) is 0 Å². The Morgan fingerprint density at radius 2 is 1.45 bits per heavy atom. The van der Waals surface area contributed by atoms with Crippen LogP contribution in [0.5, 0.6) is 0 Å². The summed E-state index contributed by atoms with van der Waals surface area (Å²) in [6, 6.07) is 13.0. The number of aryl methyl sites for hydroxylation is 1. The summed E-state index contributed by atoms with van der Waals surface area (Å²) in [5.74, 6) is -5.93. The van der Waals surface area contributed by atoms with Gasteiger partial charge in [0, 0.05) is 39.9 Å². The van der Waals surface area contributed by atoms with Gasteiger partial charge in [-0.05, 0) is 29.7 Å². The zero-order valence-corrected chi connectivity index (χ0v) is 24.7. The molecule has 2 atom stereocenters. The summed E-state index contributed by atoms with van der Waals surface area (Å²) in [5.41, 5.74) is 1.90. The molecule has 0 aliphatic carbocycles. The van der Waals surface area contributed by atoms with Gasteiger partial charge >= 0.3 is 18.1 Å². The normalized spacial score (nSPS) is 14.6. The van der Waals surface area contributed by atoms with Crippen LogP contribution in [-0.4, -0.2) is 70.2 Å². The first kappa shape index (κ1) is 32.6. The third-order valence-electron chi connectivity index (χ3n) is 6.99. The predicted molar refractivity (Wildman–Crippen MR) is 149 cm³/mol. The van der Waals surface area contributed by atoms with E-state index in [9.17, 15) is 40.8 Å². The van der Waals surface area contributed by atoms with E-state index in [4.69, 9.17) is 9.47 Å². The molecule has 1 amide bonds. The molecule has 1 aliphatic heterocycles. The van der Waals surface area contributed by atoms with E-state index in [1.807, 2.05) is 12.1 Å². The lowest BCUT2D eigenvalue weighted by atomic mass is 10.0. The highest BCUT2D eigenvalue weighted by Crippen LogP contribution is 2.31. The number of carbonyl (C=O) groups excluding carboxylic acids is 4. The van der Waals surface area contributed by atoms with Gasteiger partial charge in [-0.2, -0.15) is 13.2 Å². The van der Waals surface area contributed by atoms with Crippen LogP contribution in [0.2, 0.25) is 0 Å². The van der Waals surface area contributed by atoms with Crippen LogP contribution >= 0.6 is 0 Å². The summed E-state index contributed by atoms with van der Waals surface area (Å²) >= 11 is 0. The Morgan fingerprint density at radius 1 is 0.886 bits per heavy atom. The van der Waals surface area contributed by atoms with Crippen molar-refractivity contribution in [2.75, 3.05) is 11.5 Å². The Kier molecular flexibility index (Phi) is 9.76. The van der Waals surface area contributed by atoms with Gasteiger partial charge in [0.1, 0.15) is 0 Å². The van der Waals surface area contributed by atoms with E-state index in [2.05, 4.69) is 4.98 Å². The number of aromatic nitrogens is 2. The highest BCUT2D eigenvalue weighted by atomic mass is 32.2. The smallest absolute Gasteiger partial charge is 0.449 e. The third-order valence-corrected chi connectivity index (χ3v) is 8.70. The molecule has 3 aromatic rings. The maximum Gasteiger partial charge on any atom is 0.449 e. The number of hydrogen-bond acceptors (Lipinski definition) is 9. The number of nitrogens with zero attached hydrogens (tertiary/aromatic N) is 3. The molecule has 44 heavy (non-hydrogen) atoms. The number of benzene rings is 2. The van der Waals surface area contributed by atoms with Crippen LogP contribution in [0.3, 0.4) is 0 Å². The Morgan fingerprint density at radius 3 is 2.05 bits per heavy atom. The van der Waals surface area contributed by atoms with Crippen LogP contribution in [0.4, 0.5) is 13.2 Å². The van der Waals surface area contributed by atoms with E-state index < -0.39 is 82.1 Å². The van der Waals surface area contributed by atoms with Crippen LogP contribution in [0.25, 0.3) is 11.0 Å². The van der Waals surface area contributed by atoms with Crippen molar-refractivity contribution in [3.8, 4) is 0 Å². The van der Waals surface area contributed by atoms with E-state index in [1.165, 1.54) is 29.2 Å². The lowest BCUT2D eigenvalue weighted by molar-refractivity contribution is -0.177. The second kappa shape index (κ2) is 13.2. The summed E-state index contributed by atoms with van der Waals surface area (Å²) < 4.78 is 77.3. The molecule has 4 rings (SSSR count). The maximum atomic E-state index is 13.6. The first-order valence-electron chi connectivity index (χ1n) is 13.6. The molecule has 236 valence electrons. The number of ketones is 1. The lowest BCUT2D eigenvalue weighted by Gasteiger charge is -2.28. The van der Waals surface area contributed by atoms with E-state index in [0.29, 0.717) is 0 Å². The van der Waals surface area contributed by atoms with Crippen molar-refractivity contribution in [3.05, 3.63) is 65.5 Å². The van der Waals surface area contributed by atoms with Gasteiger partial charge in [0.05, 0.1) is 22.5 Å². The van der Waals surface area contributed by atoms with Crippen molar-refractivity contribution in [1.82, 2.24) is 14.5 Å². The minimum atomic E-state index is -4.81. The van der Waals surface area contributed by atoms with Crippen molar-refractivity contribution in [3.63, 3.8) is 0 Å². The molecule has 0 unspecified atom stereocenters. The first-order chi connectivity index (χ1) is 20.7. The number of para-hydroxylation sites is 2. The minimum Gasteiger partial charge on any atom is -0.450 e. The number of hydrogen-bond donors (Lipinski definition) is 0. The number of Topliss-reactive ketones (excluding diaryl/α,β-unsaturated/α-hetero) is 1. The van der Waals surface area contributed by atoms with Crippen LogP contribution in [0, 0.1) is 0 Å². The van der Waals surface area contributed by atoms with E-state index in [1.54, 1.807) is 12.1 Å². The number of esters is 2. The van der Waals surface area contributed by atoms with Crippen LogP contribution < -0.4 is 0 Å². The van der Waals surface area contributed by atoms with Crippen molar-refractivity contribution in [2.45, 2.75) is 64.7 Å². The number of sulfone groups is 1. The molecule has 0 bridgehead atoms. The highest BCUT2D eigenvalue weighted by Gasteiger charge is 2.42. The summed E-state index contributed by atoms with van der Waals surface area (Å²) in [7, 11) is -3.97. The van der Waals surface area contributed by atoms with Crippen LogP contribution in [0.1, 0.15) is 43.6 Å². The molecule has 0 saturated heterocycles. The molecule has 0 N–H and O–H groups in total. The average molecular weight is 638 g/mol. The number of ether oxygens (including phenoxy) is 2. The lowest BCUT2D eigenvalue weighted by Crippen LogP contribution is -2.50. The number of rotatable bonds is 12. The average Bonchev–Trinajstić information content (AvgIpc) is 3.55. The molecular formula is C29H30F3N3O8S. The number of amides is 1. The number of halogens is 3. The predicted octanol–water partition coefficient (Wildman–Crippen LogP) is 3.23. The summed E-state index contributed by atoms with van der Waals surface area (Å²) in [6.45, 7) is 1.85. The first-order valence-corrected chi connectivity index (χ1v) is 15.4. The second-order valence-corrected chi connectivity index (χ2v) is 12.6. The number of fused-ring (bicyclic) bond motifs is 2. The monoisotopic (exact) mass is 637 g/mol. The molecule has 1 aliphatic rings. The van der Waals surface area contributed by atoms with Gasteiger partial charge in [-0.15, -0.1) is 0 Å². The molecule has 2 heterocycles. The molecule has 0 spiro atoms. The molecule has 15 heteroatoms. The Labute approximate surface area is 250 Å². The van der Waals surface area contributed by atoms with Gasteiger partial charge in [-0.3, -0.25) is 19.2 Å². The quantitative estimate of drug-likeness (QED) is 0.274. The number of alkyl halides is 3. The Hall–Kier alpha value is -4.27. The van der Waals surface area contributed by atoms with Crippen LogP contribution in [-0.2, 0) is 64.3 Å². The maximum absolute atomic E-state index is 13.6. The minimum absolute atomic E-state index is 0.0639. The SMILES string of the molecule is CC(=O)O[C@@H](C(=O)CCCS(=O)(=O)CCn1c(C(F)(F)F)nc2ccccc21)[C@@H](OC(C)=O)C(=O)N1Cc2ccccc2C1. The van der Waals surface area contributed by atoms with Gasteiger partial charge < -0.3 is 18.9 Å². The molecule has 1 aromatic heterocycles. The Bertz CT molecular complexity index is 1660. The van der Waals surface area contributed by atoms with Crippen LogP contribution in [0.15, 0.2) is 48.5 Å². The second-order valence-electron chi connectivity index (χ2n) is 10.3. The summed E-state index contributed by atoms with van der Waals surface area (Å²) in [4.78, 5) is 55.3. The third kappa shape index (κ3) is 7.81. The van der Waals surface area contributed by atoms with E-state index >= 15 is 0 Å². The van der Waals surface area contributed by atoms with Crippen molar-refractivity contribution >= 4 is 44.5 Å². The van der Waals surface area contributed by atoms with Crippen molar-refractivity contribution in [2.24, 2.45) is 0 Å². The zero-order valence-electron chi connectivity index (χ0n) is 23.9. The standard InChI is InChI=1S/C29H30F3N3O8S/c1-18(36)42-25(26(43-19(2)37)27(39)34-16-20-8-3-4-9-21(20)17-34)24(38)12-7-14-44(40,41)15-13-35-23-11-6-5-10-22(23)33-28(35)29(30,31)32/h3-6,8-11,25-26H,7,12-17H2,1-2H3/t25-,26+/m0/s1. The fraction of sp³-hybridized carbons (Fsp3) is 0.414. The van der Waals surface area contributed by atoms with Gasteiger partial charge in [0.15, 0.2) is 15.6 Å². The fourth-order valence-corrected chi connectivity index (χ4v) is 6.27. The van der Waals surface area contributed by atoms with Gasteiger partial charge in [0.25, 0.3) is 5.91 Å². The fourth-order valence-electron chi connectivity index (χ4n) is 5.02. The van der Waals surface area contributed by atoms with Gasteiger partial charge in [-0.1, -0.05) is 36.4 Å². The van der Waals surface area contributed by atoms with Gasteiger partial charge in [0.2, 0.25) is 18.0 Å².